The average molecular weight is 430 g/mol. The van der Waals surface area contributed by atoms with Crippen LogP contribution in [0.3, 0.4) is 0 Å². The second-order valence-electron chi connectivity index (χ2n) is 7.83. The fourth-order valence-electron chi connectivity index (χ4n) is 4.42. The van der Waals surface area contributed by atoms with Crippen molar-refractivity contribution in [3.63, 3.8) is 0 Å². The second-order valence-corrected chi connectivity index (χ2v) is 7.83. The van der Waals surface area contributed by atoms with Gasteiger partial charge in [0.1, 0.15) is 5.82 Å². The summed E-state index contributed by atoms with van der Waals surface area (Å²) in [7, 11) is 0. The molecule has 152 valence electrons. The van der Waals surface area contributed by atoms with Gasteiger partial charge in [-0.25, -0.2) is 4.98 Å². The maximum Gasteiger partial charge on any atom is 0.229 e. The molecule has 0 radical (unpaired) electrons. The minimum absolute atomic E-state index is 0. The van der Waals surface area contributed by atoms with Crippen LogP contribution in [0.4, 0.5) is 5.82 Å². The highest BCUT2D eigenvalue weighted by Crippen LogP contribution is 2.58. The molecule has 2 heterocycles. The predicted molar refractivity (Wildman–Crippen MR) is 123 cm³/mol. The van der Waals surface area contributed by atoms with E-state index in [-0.39, 0.29) is 42.1 Å². The van der Waals surface area contributed by atoms with Gasteiger partial charge in [-0.15, -0.1) is 24.8 Å². The number of fused-ring (bicyclic) bond motifs is 1. The first kappa shape index (κ1) is 21.6. The topological polar surface area (TPSA) is 54.0 Å². The average Bonchev–Trinajstić information content (AvgIpc) is 3.41. The number of rotatable bonds is 3. The summed E-state index contributed by atoms with van der Waals surface area (Å²) in [5.74, 6) is 0.910. The molecule has 1 saturated heterocycles. The Kier molecular flexibility index (Phi) is 6.47. The van der Waals surface area contributed by atoms with Crippen LogP contribution in [0.5, 0.6) is 0 Å². The van der Waals surface area contributed by atoms with Gasteiger partial charge in [-0.1, -0.05) is 42.5 Å². The standard InChI is InChI=1S/C23H23N3O.2ClH/c27-22(19-15-23(19)10-12-24-13-11-23)26-21-7-3-6-20(25-21)18-9-8-16-4-1-2-5-17(16)14-18;;/h1-9,14,19,24H,10-13,15H2,(H,25,26,27);2*1H. The Morgan fingerprint density at radius 1 is 0.966 bits per heavy atom. The van der Waals surface area contributed by atoms with Crippen molar-refractivity contribution in [2.24, 2.45) is 11.3 Å². The number of carbonyl (C=O) groups excluding carboxylic acids is 1. The predicted octanol–water partition coefficient (Wildman–Crippen LogP) is 5.07. The lowest BCUT2D eigenvalue weighted by molar-refractivity contribution is -0.118. The molecule has 2 fully saturated rings. The van der Waals surface area contributed by atoms with Crippen LogP contribution in [0.25, 0.3) is 22.0 Å². The Bertz CT molecular complexity index is 1020. The van der Waals surface area contributed by atoms with Gasteiger partial charge in [-0.3, -0.25) is 4.79 Å². The number of hydrogen-bond acceptors (Lipinski definition) is 3. The van der Waals surface area contributed by atoms with Crippen LogP contribution in [0.1, 0.15) is 19.3 Å². The zero-order valence-electron chi connectivity index (χ0n) is 16.1. The number of amides is 1. The molecule has 2 N–H and O–H groups in total. The smallest absolute Gasteiger partial charge is 0.229 e. The molecule has 1 saturated carbocycles. The van der Waals surface area contributed by atoms with E-state index in [1.807, 2.05) is 30.3 Å². The van der Waals surface area contributed by atoms with E-state index in [2.05, 4.69) is 45.9 Å². The van der Waals surface area contributed by atoms with Gasteiger partial charge in [0.05, 0.1) is 5.69 Å². The molecule has 1 aromatic heterocycles. The van der Waals surface area contributed by atoms with Gasteiger partial charge in [-0.05, 0) is 66.7 Å². The lowest BCUT2D eigenvalue weighted by Crippen LogP contribution is -2.31. The Balaban J connectivity index is 0.00000120. The monoisotopic (exact) mass is 429 g/mol. The van der Waals surface area contributed by atoms with Crippen LogP contribution in [0.15, 0.2) is 60.7 Å². The molecule has 1 amide bonds. The van der Waals surface area contributed by atoms with Crippen LogP contribution in [-0.2, 0) is 4.79 Å². The first-order valence-electron chi connectivity index (χ1n) is 9.71. The number of benzene rings is 2. The number of hydrogen-bond donors (Lipinski definition) is 2. The lowest BCUT2D eigenvalue weighted by atomic mass is 9.92. The van der Waals surface area contributed by atoms with E-state index in [1.54, 1.807) is 0 Å². The zero-order valence-corrected chi connectivity index (χ0v) is 17.7. The van der Waals surface area contributed by atoms with E-state index in [4.69, 9.17) is 0 Å². The Labute approximate surface area is 183 Å². The molecule has 4 nitrogen and oxygen atoms in total. The number of carbonyl (C=O) groups is 1. The van der Waals surface area contributed by atoms with Crippen LogP contribution >= 0.6 is 24.8 Å². The van der Waals surface area contributed by atoms with Gasteiger partial charge in [0, 0.05) is 11.5 Å². The summed E-state index contributed by atoms with van der Waals surface area (Å²) in [6, 6.07) is 20.5. The number of anilines is 1. The SMILES string of the molecule is Cl.Cl.O=C(Nc1cccc(-c2ccc3ccccc3c2)n1)C1CC12CCNCC2. The molecule has 6 heteroatoms. The van der Waals surface area contributed by atoms with Crippen LogP contribution in [0.2, 0.25) is 0 Å². The van der Waals surface area contributed by atoms with Crippen molar-refractivity contribution < 1.29 is 4.79 Å². The van der Waals surface area contributed by atoms with Gasteiger partial charge in [0.15, 0.2) is 0 Å². The highest BCUT2D eigenvalue weighted by molar-refractivity contribution is 5.94. The third-order valence-corrected chi connectivity index (χ3v) is 6.15. The van der Waals surface area contributed by atoms with Crippen LogP contribution < -0.4 is 10.6 Å². The van der Waals surface area contributed by atoms with E-state index in [9.17, 15) is 4.79 Å². The summed E-state index contributed by atoms with van der Waals surface area (Å²) >= 11 is 0. The molecule has 2 aliphatic rings. The van der Waals surface area contributed by atoms with Gasteiger partial charge in [-0.2, -0.15) is 0 Å². The third-order valence-electron chi connectivity index (χ3n) is 6.15. The molecule has 1 spiro atoms. The van der Waals surface area contributed by atoms with E-state index in [0.29, 0.717) is 5.82 Å². The quantitative estimate of drug-likeness (QED) is 0.610. The van der Waals surface area contributed by atoms with Crippen molar-refractivity contribution >= 4 is 47.3 Å². The van der Waals surface area contributed by atoms with E-state index in [0.717, 1.165) is 43.6 Å². The summed E-state index contributed by atoms with van der Waals surface area (Å²) in [5.41, 5.74) is 2.18. The maximum absolute atomic E-state index is 12.7. The van der Waals surface area contributed by atoms with E-state index in [1.165, 1.54) is 10.8 Å². The van der Waals surface area contributed by atoms with Crippen molar-refractivity contribution in [2.45, 2.75) is 19.3 Å². The van der Waals surface area contributed by atoms with Crippen molar-refractivity contribution in [2.75, 3.05) is 18.4 Å². The molecule has 29 heavy (non-hydrogen) atoms. The second kappa shape index (κ2) is 8.70. The third kappa shape index (κ3) is 4.25. The Morgan fingerprint density at radius 2 is 1.72 bits per heavy atom. The summed E-state index contributed by atoms with van der Waals surface area (Å²) in [6.07, 6.45) is 3.23. The van der Waals surface area contributed by atoms with Gasteiger partial charge < -0.3 is 10.6 Å². The molecule has 3 aromatic rings. The first-order chi connectivity index (χ1) is 13.2. The fraction of sp³-hybridized carbons (Fsp3) is 0.304. The summed E-state index contributed by atoms with van der Waals surface area (Å²) in [5, 5.41) is 8.84. The number of nitrogens with zero attached hydrogens (tertiary/aromatic N) is 1. The fourth-order valence-corrected chi connectivity index (χ4v) is 4.42. The van der Waals surface area contributed by atoms with E-state index >= 15 is 0 Å². The van der Waals surface area contributed by atoms with Crippen molar-refractivity contribution in [1.29, 1.82) is 0 Å². The summed E-state index contributed by atoms with van der Waals surface area (Å²) in [6.45, 7) is 2.05. The van der Waals surface area contributed by atoms with Gasteiger partial charge in [0.25, 0.3) is 0 Å². The van der Waals surface area contributed by atoms with Crippen LogP contribution in [0, 0.1) is 11.3 Å². The molecule has 5 rings (SSSR count). The molecular weight excluding hydrogens is 405 g/mol. The molecule has 1 atom stereocenters. The minimum Gasteiger partial charge on any atom is -0.317 e. The maximum atomic E-state index is 12.7. The molecule has 1 unspecified atom stereocenters. The highest BCUT2D eigenvalue weighted by Gasteiger charge is 2.57. The van der Waals surface area contributed by atoms with Crippen LogP contribution in [-0.4, -0.2) is 24.0 Å². The molecule has 2 aromatic carbocycles. The number of piperidine rings is 1. The molecule has 1 aliphatic carbocycles. The number of nitrogens with one attached hydrogen (secondary N) is 2. The van der Waals surface area contributed by atoms with Crippen molar-refractivity contribution in [3.05, 3.63) is 60.7 Å². The van der Waals surface area contributed by atoms with Gasteiger partial charge >= 0.3 is 0 Å². The zero-order chi connectivity index (χ0) is 18.3. The lowest BCUT2D eigenvalue weighted by Gasteiger charge is -2.23. The van der Waals surface area contributed by atoms with Crippen molar-refractivity contribution in [1.82, 2.24) is 10.3 Å². The van der Waals surface area contributed by atoms with Crippen molar-refractivity contribution in [3.8, 4) is 11.3 Å². The summed E-state index contributed by atoms with van der Waals surface area (Å²) < 4.78 is 0. The Hall–Kier alpha value is -2.14. The largest absolute Gasteiger partial charge is 0.317 e. The molecule has 0 bridgehead atoms. The number of aromatic nitrogens is 1. The van der Waals surface area contributed by atoms with Gasteiger partial charge in [0.2, 0.25) is 5.91 Å². The minimum atomic E-state index is 0. The summed E-state index contributed by atoms with van der Waals surface area (Å²) in [4.78, 5) is 17.4. The highest BCUT2D eigenvalue weighted by atomic mass is 35.5. The number of halogens is 2. The van der Waals surface area contributed by atoms with E-state index < -0.39 is 0 Å². The molecule has 1 aliphatic heterocycles. The molecular formula is C23H25Cl2N3O. The Morgan fingerprint density at radius 3 is 2.52 bits per heavy atom. The first-order valence-corrected chi connectivity index (χ1v) is 9.71. The normalized spacial score (nSPS) is 19.1. The number of pyridine rings is 1.